The van der Waals surface area contributed by atoms with Crippen molar-refractivity contribution in [2.75, 3.05) is 21.0 Å². The molecule has 0 aliphatic heterocycles. The van der Waals surface area contributed by atoms with E-state index in [-0.39, 0.29) is 18.5 Å². The van der Waals surface area contributed by atoms with Crippen LogP contribution in [0.3, 0.4) is 0 Å². The fraction of sp³-hybridized carbons (Fsp3) is 0.600. The number of carbonyl (C=O) groups excluding carboxylic acids is 2. The summed E-state index contributed by atoms with van der Waals surface area (Å²) in [6.45, 7) is 5.95. The number of fused-ring (bicyclic) bond motifs is 2. The van der Waals surface area contributed by atoms with E-state index in [4.69, 9.17) is 14.2 Å². The number of rotatable bonds is 4. The standard InChI is InChI=1S/C15H21NO5/c1-9-5-11-6-12(17)10(2)15(7-9,16-14(18)20-4)13(11)21-8-19-3/h5,11,13H,2,6-8H2,1,3-4H3,(H,16,18)/t11-,13+,15-/m0/s1. The molecular formula is C15H21NO5. The van der Waals surface area contributed by atoms with Gasteiger partial charge in [-0.05, 0) is 13.3 Å². The molecule has 0 unspecified atom stereocenters. The molecule has 0 spiro atoms. The minimum absolute atomic E-state index is 0.0579. The van der Waals surface area contributed by atoms with Crippen LogP contribution in [0.25, 0.3) is 0 Å². The van der Waals surface area contributed by atoms with Crippen LogP contribution < -0.4 is 5.32 Å². The lowest BCUT2D eigenvalue weighted by Crippen LogP contribution is -2.66. The molecule has 2 rings (SSSR count). The molecule has 1 N–H and O–H groups in total. The topological polar surface area (TPSA) is 73.9 Å². The van der Waals surface area contributed by atoms with Gasteiger partial charge in [-0.3, -0.25) is 4.79 Å². The molecule has 1 amide bonds. The summed E-state index contributed by atoms with van der Waals surface area (Å²) in [6.07, 6.45) is 1.82. The van der Waals surface area contributed by atoms with Gasteiger partial charge in [-0.25, -0.2) is 4.79 Å². The number of methoxy groups -OCH3 is 2. The first kappa shape index (κ1) is 15.7. The predicted octanol–water partition coefficient (Wildman–Crippen LogP) is 1.57. The van der Waals surface area contributed by atoms with Crippen LogP contribution in [0.5, 0.6) is 0 Å². The van der Waals surface area contributed by atoms with Crippen molar-refractivity contribution >= 4 is 11.9 Å². The maximum Gasteiger partial charge on any atom is 0.407 e. The molecule has 0 aromatic rings. The smallest absolute Gasteiger partial charge is 0.407 e. The largest absolute Gasteiger partial charge is 0.453 e. The van der Waals surface area contributed by atoms with Crippen LogP contribution in [0.2, 0.25) is 0 Å². The number of nitrogens with one attached hydrogen (secondary N) is 1. The van der Waals surface area contributed by atoms with Crippen LogP contribution in [0.4, 0.5) is 4.79 Å². The van der Waals surface area contributed by atoms with Gasteiger partial charge < -0.3 is 19.5 Å². The second-order valence-corrected chi connectivity index (χ2v) is 5.54. The highest BCUT2D eigenvalue weighted by Crippen LogP contribution is 2.45. The van der Waals surface area contributed by atoms with E-state index in [1.54, 1.807) is 0 Å². The van der Waals surface area contributed by atoms with Crippen molar-refractivity contribution in [1.82, 2.24) is 5.32 Å². The molecule has 2 aliphatic rings. The summed E-state index contributed by atoms with van der Waals surface area (Å²) < 4.78 is 15.4. The summed E-state index contributed by atoms with van der Waals surface area (Å²) in [7, 11) is 2.81. The van der Waals surface area contributed by atoms with Crippen molar-refractivity contribution in [3.8, 4) is 0 Å². The Morgan fingerprint density at radius 1 is 1.52 bits per heavy atom. The highest BCUT2D eigenvalue weighted by atomic mass is 16.7. The summed E-state index contributed by atoms with van der Waals surface area (Å²) in [5.41, 5.74) is 0.477. The molecule has 2 bridgehead atoms. The Labute approximate surface area is 124 Å². The Morgan fingerprint density at radius 3 is 2.86 bits per heavy atom. The van der Waals surface area contributed by atoms with E-state index < -0.39 is 17.7 Å². The van der Waals surface area contributed by atoms with Crippen molar-refractivity contribution in [1.29, 1.82) is 0 Å². The Bertz CT molecular complexity index is 498. The molecule has 2 aliphatic carbocycles. The van der Waals surface area contributed by atoms with Gasteiger partial charge in [-0.15, -0.1) is 0 Å². The fourth-order valence-corrected chi connectivity index (χ4v) is 3.28. The Hall–Kier alpha value is -1.66. The lowest BCUT2D eigenvalue weighted by molar-refractivity contribution is -0.138. The van der Waals surface area contributed by atoms with Gasteiger partial charge in [-0.2, -0.15) is 0 Å². The zero-order chi connectivity index (χ0) is 15.6. The maximum absolute atomic E-state index is 12.2. The average Bonchev–Trinajstić information content (AvgIpc) is 2.43. The Balaban J connectivity index is 2.43. The van der Waals surface area contributed by atoms with Gasteiger partial charge in [-0.1, -0.05) is 18.2 Å². The van der Waals surface area contributed by atoms with Gasteiger partial charge in [0.15, 0.2) is 5.78 Å². The summed E-state index contributed by atoms with van der Waals surface area (Å²) in [5.74, 6) is -0.165. The first-order valence-corrected chi connectivity index (χ1v) is 6.81. The third-order valence-corrected chi connectivity index (χ3v) is 4.10. The second kappa shape index (κ2) is 5.99. The fourth-order valence-electron chi connectivity index (χ4n) is 3.28. The number of amides is 1. The number of alkyl carbamates (subject to hydrolysis) is 1. The molecule has 116 valence electrons. The Kier molecular flexibility index (Phi) is 4.49. The normalized spacial score (nSPS) is 31.7. The predicted molar refractivity (Wildman–Crippen MR) is 75.6 cm³/mol. The van der Waals surface area contributed by atoms with Gasteiger partial charge in [0.2, 0.25) is 0 Å². The van der Waals surface area contributed by atoms with Crippen LogP contribution in [0.1, 0.15) is 19.8 Å². The van der Waals surface area contributed by atoms with Crippen LogP contribution in [-0.2, 0) is 19.0 Å². The molecule has 1 saturated carbocycles. The van der Waals surface area contributed by atoms with E-state index >= 15 is 0 Å². The van der Waals surface area contributed by atoms with E-state index in [1.165, 1.54) is 14.2 Å². The van der Waals surface area contributed by atoms with Crippen LogP contribution in [0.15, 0.2) is 23.8 Å². The lowest BCUT2D eigenvalue weighted by atomic mass is 9.63. The molecule has 0 saturated heterocycles. The first-order chi connectivity index (χ1) is 9.94. The minimum atomic E-state index is -0.968. The molecule has 21 heavy (non-hydrogen) atoms. The van der Waals surface area contributed by atoms with Crippen molar-refractivity contribution in [3.63, 3.8) is 0 Å². The Morgan fingerprint density at radius 2 is 2.24 bits per heavy atom. The molecule has 3 atom stereocenters. The molecule has 6 heteroatoms. The number of hydrogen-bond donors (Lipinski definition) is 1. The molecule has 6 nitrogen and oxygen atoms in total. The number of carbonyl (C=O) groups is 2. The molecule has 0 aromatic heterocycles. The third-order valence-electron chi connectivity index (χ3n) is 4.10. The minimum Gasteiger partial charge on any atom is -0.453 e. The molecule has 0 heterocycles. The zero-order valence-electron chi connectivity index (χ0n) is 12.6. The number of Topliss-reactive ketones (excluding diaryl/α,β-unsaturated/α-hetero) is 1. The van der Waals surface area contributed by atoms with E-state index in [0.717, 1.165) is 5.57 Å². The van der Waals surface area contributed by atoms with E-state index in [0.29, 0.717) is 18.4 Å². The van der Waals surface area contributed by atoms with E-state index in [1.807, 2.05) is 13.0 Å². The van der Waals surface area contributed by atoms with Crippen LogP contribution >= 0.6 is 0 Å². The van der Waals surface area contributed by atoms with Crippen molar-refractivity contribution < 1.29 is 23.8 Å². The average molecular weight is 295 g/mol. The lowest BCUT2D eigenvalue weighted by Gasteiger charge is -2.50. The van der Waals surface area contributed by atoms with Crippen LogP contribution in [-0.4, -0.2) is 44.5 Å². The van der Waals surface area contributed by atoms with Gasteiger partial charge >= 0.3 is 6.09 Å². The molecule has 0 radical (unpaired) electrons. The van der Waals surface area contributed by atoms with Crippen molar-refractivity contribution in [3.05, 3.63) is 23.8 Å². The van der Waals surface area contributed by atoms with E-state index in [2.05, 4.69) is 11.9 Å². The molecular weight excluding hydrogens is 274 g/mol. The summed E-state index contributed by atoms with van der Waals surface area (Å²) in [5, 5.41) is 2.78. The zero-order valence-corrected chi connectivity index (χ0v) is 12.6. The summed E-state index contributed by atoms with van der Waals surface area (Å²) in [6, 6.07) is 0. The van der Waals surface area contributed by atoms with Gasteiger partial charge in [0.1, 0.15) is 12.3 Å². The van der Waals surface area contributed by atoms with Gasteiger partial charge in [0, 0.05) is 25.0 Å². The monoisotopic (exact) mass is 295 g/mol. The van der Waals surface area contributed by atoms with Crippen LogP contribution in [0, 0.1) is 5.92 Å². The third kappa shape index (κ3) is 2.73. The highest BCUT2D eigenvalue weighted by molar-refractivity contribution is 5.99. The quantitative estimate of drug-likeness (QED) is 0.484. The van der Waals surface area contributed by atoms with Gasteiger partial charge in [0.05, 0.1) is 13.2 Å². The number of ether oxygens (including phenoxy) is 3. The maximum atomic E-state index is 12.2. The van der Waals surface area contributed by atoms with Crippen molar-refractivity contribution in [2.24, 2.45) is 5.92 Å². The van der Waals surface area contributed by atoms with Gasteiger partial charge in [0.25, 0.3) is 0 Å². The number of hydrogen-bond acceptors (Lipinski definition) is 5. The highest BCUT2D eigenvalue weighted by Gasteiger charge is 2.55. The SMILES string of the molecule is C=C1C(=O)C[C@@H]2C=C(C)C[C@@]1(NC(=O)OC)[C@@H]2OCOC. The number of ketones is 1. The first-order valence-electron chi connectivity index (χ1n) is 6.81. The summed E-state index contributed by atoms with van der Waals surface area (Å²) >= 11 is 0. The van der Waals surface area contributed by atoms with E-state index in [9.17, 15) is 9.59 Å². The molecule has 0 aromatic carbocycles. The van der Waals surface area contributed by atoms with Crippen molar-refractivity contribution in [2.45, 2.75) is 31.4 Å². The molecule has 1 fully saturated rings. The second-order valence-electron chi connectivity index (χ2n) is 5.54. The summed E-state index contributed by atoms with van der Waals surface area (Å²) in [4.78, 5) is 24.0.